The molecule has 6 heteroatoms. The Balaban J connectivity index is 1.61. The van der Waals surface area contributed by atoms with Gasteiger partial charge in [-0.15, -0.1) is 0 Å². The van der Waals surface area contributed by atoms with Crippen LogP contribution in [0.4, 0.5) is 5.69 Å². The summed E-state index contributed by atoms with van der Waals surface area (Å²) in [4.78, 5) is 25.8. The van der Waals surface area contributed by atoms with Crippen LogP contribution in [0.25, 0.3) is 11.0 Å². The second-order valence-electron chi connectivity index (χ2n) is 7.01. The maximum atomic E-state index is 13.2. The fraction of sp³-hybridized carbons (Fsp3) is 0.120. The third-order valence-electron chi connectivity index (χ3n) is 4.79. The molecule has 0 aliphatic rings. The number of rotatable bonds is 7. The number of nitrogens with one attached hydrogen (secondary N) is 1. The van der Waals surface area contributed by atoms with Crippen molar-refractivity contribution in [1.29, 1.82) is 0 Å². The molecule has 0 fully saturated rings. The highest BCUT2D eigenvalue weighted by Crippen LogP contribution is 2.33. The summed E-state index contributed by atoms with van der Waals surface area (Å²) < 4.78 is 16.6. The van der Waals surface area contributed by atoms with Crippen LogP contribution in [0, 0.1) is 6.92 Å². The molecule has 0 saturated carbocycles. The predicted molar refractivity (Wildman–Crippen MR) is 118 cm³/mol. The Morgan fingerprint density at radius 1 is 0.935 bits per heavy atom. The first kappa shape index (κ1) is 20.2. The molecular weight excluding hydrogens is 394 g/mol. The molecule has 0 atom stereocenters. The third-order valence-corrected chi connectivity index (χ3v) is 4.79. The molecule has 1 heterocycles. The summed E-state index contributed by atoms with van der Waals surface area (Å²) >= 11 is 0. The number of anilines is 1. The molecule has 0 saturated heterocycles. The van der Waals surface area contributed by atoms with Crippen molar-refractivity contribution in [2.45, 2.75) is 6.92 Å². The van der Waals surface area contributed by atoms with Gasteiger partial charge in [-0.3, -0.25) is 9.59 Å². The normalized spacial score (nSPS) is 10.6. The first-order valence-corrected chi connectivity index (χ1v) is 9.75. The van der Waals surface area contributed by atoms with E-state index in [0.717, 1.165) is 5.56 Å². The summed E-state index contributed by atoms with van der Waals surface area (Å²) in [6, 6.07) is 21.3. The number of ketones is 1. The molecule has 0 unspecified atom stereocenters. The van der Waals surface area contributed by atoms with Crippen molar-refractivity contribution in [2.75, 3.05) is 19.0 Å². The van der Waals surface area contributed by atoms with Crippen molar-refractivity contribution < 1.29 is 23.5 Å². The van der Waals surface area contributed by atoms with Crippen LogP contribution in [0.5, 0.6) is 11.5 Å². The molecule has 156 valence electrons. The zero-order valence-corrected chi connectivity index (χ0v) is 17.2. The maximum Gasteiger partial charge on any atom is 0.262 e. The van der Waals surface area contributed by atoms with E-state index in [-0.39, 0.29) is 18.2 Å². The van der Waals surface area contributed by atoms with Gasteiger partial charge in [-0.05, 0) is 43.3 Å². The van der Waals surface area contributed by atoms with Gasteiger partial charge in [0.2, 0.25) is 5.78 Å². The second kappa shape index (κ2) is 8.75. The molecule has 0 bridgehead atoms. The summed E-state index contributed by atoms with van der Waals surface area (Å²) in [6.45, 7) is 1.77. The van der Waals surface area contributed by atoms with E-state index in [1.807, 2.05) is 25.1 Å². The smallest absolute Gasteiger partial charge is 0.262 e. The average molecular weight is 415 g/mol. The second-order valence-corrected chi connectivity index (χ2v) is 7.01. The van der Waals surface area contributed by atoms with Gasteiger partial charge in [0.05, 0.1) is 12.8 Å². The largest absolute Gasteiger partial charge is 0.497 e. The Morgan fingerprint density at radius 2 is 1.71 bits per heavy atom. The van der Waals surface area contributed by atoms with E-state index in [1.165, 1.54) is 7.11 Å². The lowest BCUT2D eigenvalue weighted by Gasteiger charge is -2.08. The number of methoxy groups -OCH3 is 1. The number of furan rings is 1. The standard InChI is InChI=1S/C25H21NO5/c1-16-10-12-18(13-11-16)30-15-22(27)26-23-20-8-3-4-9-21(20)31-25(23)24(28)17-6-5-7-19(14-17)29-2/h3-14H,15H2,1-2H3,(H,26,27). The first-order valence-electron chi connectivity index (χ1n) is 9.75. The Morgan fingerprint density at radius 3 is 2.48 bits per heavy atom. The molecule has 0 aliphatic carbocycles. The van der Waals surface area contributed by atoms with Crippen molar-refractivity contribution in [3.8, 4) is 11.5 Å². The summed E-state index contributed by atoms with van der Waals surface area (Å²) in [7, 11) is 1.53. The zero-order chi connectivity index (χ0) is 21.8. The van der Waals surface area contributed by atoms with E-state index in [0.29, 0.717) is 33.7 Å². The number of carbonyl (C=O) groups excluding carboxylic acids is 2. The number of hydrogen-bond acceptors (Lipinski definition) is 5. The lowest BCUT2D eigenvalue weighted by molar-refractivity contribution is -0.118. The summed E-state index contributed by atoms with van der Waals surface area (Å²) in [5.74, 6) is 0.444. The van der Waals surface area contributed by atoms with E-state index in [9.17, 15) is 9.59 Å². The fourth-order valence-electron chi connectivity index (χ4n) is 3.18. The molecule has 1 aromatic heterocycles. The monoisotopic (exact) mass is 415 g/mol. The average Bonchev–Trinajstić information content (AvgIpc) is 3.16. The number of carbonyl (C=O) groups is 2. The van der Waals surface area contributed by atoms with Crippen LogP contribution < -0.4 is 14.8 Å². The van der Waals surface area contributed by atoms with Crippen molar-refractivity contribution in [2.24, 2.45) is 0 Å². The van der Waals surface area contributed by atoms with Crippen LogP contribution in [0.3, 0.4) is 0 Å². The molecule has 0 spiro atoms. The number of fused-ring (bicyclic) bond motifs is 1. The first-order chi connectivity index (χ1) is 15.0. The Hall–Kier alpha value is -4.06. The van der Waals surface area contributed by atoms with E-state index in [1.54, 1.807) is 54.6 Å². The number of amides is 1. The summed E-state index contributed by atoms with van der Waals surface area (Å²) in [6.07, 6.45) is 0. The van der Waals surface area contributed by atoms with Crippen LogP contribution in [0.15, 0.2) is 77.2 Å². The van der Waals surface area contributed by atoms with Crippen LogP contribution in [-0.4, -0.2) is 25.4 Å². The molecule has 0 aliphatic heterocycles. The Labute approximate surface area is 179 Å². The van der Waals surface area contributed by atoms with Crippen molar-refractivity contribution in [3.05, 3.63) is 89.7 Å². The molecule has 0 radical (unpaired) electrons. The highest BCUT2D eigenvalue weighted by Gasteiger charge is 2.23. The van der Waals surface area contributed by atoms with Crippen molar-refractivity contribution >= 4 is 28.3 Å². The SMILES string of the molecule is COc1cccc(C(=O)c2oc3ccccc3c2NC(=O)COc2ccc(C)cc2)c1. The summed E-state index contributed by atoms with van der Waals surface area (Å²) in [5.41, 5.74) is 2.32. The number of para-hydroxylation sites is 1. The summed E-state index contributed by atoms with van der Waals surface area (Å²) in [5, 5.41) is 3.42. The maximum absolute atomic E-state index is 13.2. The van der Waals surface area contributed by atoms with Crippen LogP contribution >= 0.6 is 0 Å². The van der Waals surface area contributed by atoms with E-state index >= 15 is 0 Å². The van der Waals surface area contributed by atoms with Gasteiger partial charge in [-0.1, -0.05) is 42.0 Å². The molecule has 3 aromatic carbocycles. The van der Waals surface area contributed by atoms with Crippen LogP contribution in [0.1, 0.15) is 21.7 Å². The van der Waals surface area contributed by atoms with Gasteiger partial charge in [-0.25, -0.2) is 0 Å². The minimum absolute atomic E-state index is 0.0538. The number of hydrogen-bond donors (Lipinski definition) is 1. The Bertz CT molecular complexity index is 1240. The van der Waals surface area contributed by atoms with Gasteiger partial charge >= 0.3 is 0 Å². The lowest BCUT2D eigenvalue weighted by atomic mass is 10.1. The van der Waals surface area contributed by atoms with Gasteiger partial charge in [0.25, 0.3) is 5.91 Å². The van der Waals surface area contributed by atoms with Gasteiger partial charge in [0, 0.05) is 10.9 Å². The molecule has 6 nitrogen and oxygen atoms in total. The van der Waals surface area contributed by atoms with Crippen molar-refractivity contribution in [3.63, 3.8) is 0 Å². The quantitative estimate of drug-likeness (QED) is 0.430. The van der Waals surface area contributed by atoms with Gasteiger partial charge in [0.1, 0.15) is 17.1 Å². The van der Waals surface area contributed by atoms with Gasteiger partial charge < -0.3 is 19.2 Å². The van der Waals surface area contributed by atoms with E-state index in [2.05, 4.69) is 5.32 Å². The topological polar surface area (TPSA) is 77.8 Å². The van der Waals surface area contributed by atoms with Crippen LogP contribution in [-0.2, 0) is 4.79 Å². The molecule has 1 amide bonds. The fourth-order valence-corrected chi connectivity index (χ4v) is 3.18. The molecular formula is C25H21NO5. The molecule has 1 N–H and O–H groups in total. The number of aryl methyl sites for hydroxylation is 1. The van der Waals surface area contributed by atoms with Crippen LogP contribution in [0.2, 0.25) is 0 Å². The molecule has 4 aromatic rings. The minimum Gasteiger partial charge on any atom is -0.497 e. The Kier molecular flexibility index (Phi) is 5.71. The molecule has 31 heavy (non-hydrogen) atoms. The zero-order valence-electron chi connectivity index (χ0n) is 17.2. The highest BCUT2D eigenvalue weighted by atomic mass is 16.5. The van der Waals surface area contributed by atoms with E-state index in [4.69, 9.17) is 13.9 Å². The van der Waals surface area contributed by atoms with Gasteiger partial charge in [0.15, 0.2) is 12.4 Å². The number of ether oxygens (including phenoxy) is 2. The lowest BCUT2D eigenvalue weighted by Crippen LogP contribution is -2.21. The van der Waals surface area contributed by atoms with E-state index < -0.39 is 5.91 Å². The number of benzene rings is 3. The highest BCUT2D eigenvalue weighted by molar-refractivity contribution is 6.17. The van der Waals surface area contributed by atoms with Crippen molar-refractivity contribution in [1.82, 2.24) is 0 Å². The third kappa shape index (κ3) is 4.43. The minimum atomic E-state index is -0.396. The van der Waals surface area contributed by atoms with Gasteiger partial charge in [-0.2, -0.15) is 0 Å². The predicted octanol–water partition coefficient (Wildman–Crippen LogP) is 5.00. The molecule has 4 rings (SSSR count).